The molecule has 1 aromatic heterocycles. The van der Waals surface area contributed by atoms with Crippen molar-refractivity contribution in [1.82, 2.24) is 10.3 Å². The molecule has 0 saturated heterocycles. The van der Waals surface area contributed by atoms with E-state index < -0.39 is 0 Å². The normalized spacial score (nSPS) is 10.8. The van der Waals surface area contributed by atoms with Crippen LogP contribution in [0.2, 0.25) is 0 Å². The van der Waals surface area contributed by atoms with Gasteiger partial charge in [-0.15, -0.1) is 0 Å². The lowest BCUT2D eigenvalue weighted by Crippen LogP contribution is -2.25. The summed E-state index contributed by atoms with van der Waals surface area (Å²) >= 11 is 0. The number of nitrogens with two attached hydrogens (primary N) is 1. The van der Waals surface area contributed by atoms with Crippen molar-refractivity contribution in [3.63, 3.8) is 0 Å². The van der Waals surface area contributed by atoms with E-state index in [4.69, 9.17) is 15.9 Å². The average Bonchev–Trinajstić information content (AvgIpc) is 2.24. The highest BCUT2D eigenvalue weighted by Crippen LogP contribution is 2.10. The van der Waals surface area contributed by atoms with E-state index >= 15 is 0 Å². The van der Waals surface area contributed by atoms with Crippen LogP contribution in [-0.2, 0) is 11.3 Å². The van der Waals surface area contributed by atoms with Crippen LogP contribution in [0.5, 0.6) is 0 Å². The molecule has 0 unspecified atom stereocenters. The van der Waals surface area contributed by atoms with Gasteiger partial charge in [0.05, 0.1) is 12.2 Å². The molecule has 0 spiro atoms. The number of nitrogens with one attached hydrogen (secondary N) is 2. The Morgan fingerprint density at radius 1 is 1.56 bits per heavy atom. The molecule has 0 saturated carbocycles. The maximum Gasteiger partial charge on any atom is 0.180 e. The molecule has 5 heteroatoms. The average molecular weight is 248 g/mol. The van der Waals surface area contributed by atoms with Crippen LogP contribution in [0.25, 0.3) is 0 Å². The Labute approximate surface area is 108 Å². The maximum absolute atomic E-state index is 7.35. The minimum absolute atomic E-state index is 0.0309. The maximum atomic E-state index is 7.35. The Morgan fingerprint density at radius 3 is 2.78 bits per heavy atom. The molecule has 5 nitrogen and oxygen atoms in total. The van der Waals surface area contributed by atoms with E-state index in [2.05, 4.69) is 16.9 Å². The van der Waals surface area contributed by atoms with Crippen LogP contribution in [0.4, 0.5) is 0 Å². The molecule has 0 amide bonds. The van der Waals surface area contributed by atoms with Gasteiger partial charge in [-0.05, 0) is 39.5 Å². The van der Waals surface area contributed by atoms with Gasteiger partial charge in [0.15, 0.2) is 5.88 Å². The fourth-order valence-corrected chi connectivity index (χ4v) is 1.34. The van der Waals surface area contributed by atoms with Crippen molar-refractivity contribution < 1.29 is 4.74 Å². The SMILES string of the molecule is C=C(NCc1cc(C(=N)N)ccn1)OC(C)(C)C. The third-order valence-electron chi connectivity index (χ3n) is 2.02. The first kappa shape index (κ1) is 14.0. The predicted molar refractivity (Wildman–Crippen MR) is 72.1 cm³/mol. The van der Waals surface area contributed by atoms with Gasteiger partial charge < -0.3 is 15.8 Å². The molecule has 18 heavy (non-hydrogen) atoms. The van der Waals surface area contributed by atoms with E-state index in [0.717, 1.165) is 5.69 Å². The number of nitrogens with zero attached hydrogens (tertiary/aromatic N) is 1. The Hall–Kier alpha value is -2.04. The lowest BCUT2D eigenvalue weighted by atomic mass is 10.2. The van der Waals surface area contributed by atoms with Crippen LogP contribution >= 0.6 is 0 Å². The van der Waals surface area contributed by atoms with Crippen molar-refractivity contribution in [2.75, 3.05) is 0 Å². The highest BCUT2D eigenvalue weighted by atomic mass is 16.5. The Bertz CT molecular complexity index is 449. The summed E-state index contributed by atoms with van der Waals surface area (Å²) in [6.45, 7) is 10.1. The van der Waals surface area contributed by atoms with Crippen LogP contribution in [0.1, 0.15) is 32.0 Å². The molecule has 0 aliphatic carbocycles. The predicted octanol–water partition coefficient (Wildman–Crippen LogP) is 1.74. The third kappa shape index (κ3) is 4.86. The van der Waals surface area contributed by atoms with Gasteiger partial charge >= 0.3 is 0 Å². The second kappa shape index (κ2) is 5.53. The zero-order chi connectivity index (χ0) is 13.8. The number of rotatable bonds is 5. The van der Waals surface area contributed by atoms with Crippen LogP contribution in [-0.4, -0.2) is 16.4 Å². The fourth-order valence-electron chi connectivity index (χ4n) is 1.34. The molecule has 1 heterocycles. The van der Waals surface area contributed by atoms with Crippen LogP contribution in [0, 0.1) is 5.41 Å². The molecule has 4 N–H and O–H groups in total. The minimum Gasteiger partial charge on any atom is -0.474 e. The summed E-state index contributed by atoms with van der Waals surface area (Å²) in [5.41, 5.74) is 6.57. The van der Waals surface area contributed by atoms with E-state index in [1.54, 1.807) is 18.3 Å². The Kier molecular flexibility index (Phi) is 4.31. The summed E-state index contributed by atoms with van der Waals surface area (Å²) in [5.74, 6) is 0.529. The van der Waals surface area contributed by atoms with Gasteiger partial charge in [-0.3, -0.25) is 10.4 Å². The highest BCUT2D eigenvalue weighted by molar-refractivity contribution is 5.94. The molecule has 0 aromatic carbocycles. The lowest BCUT2D eigenvalue weighted by molar-refractivity contribution is 0.0410. The highest BCUT2D eigenvalue weighted by Gasteiger charge is 2.12. The summed E-state index contributed by atoms with van der Waals surface area (Å²) < 4.78 is 5.54. The van der Waals surface area contributed by atoms with Gasteiger partial charge in [0.2, 0.25) is 0 Å². The van der Waals surface area contributed by atoms with Crippen molar-refractivity contribution in [2.45, 2.75) is 32.9 Å². The number of amidine groups is 1. The molecule has 0 atom stereocenters. The zero-order valence-electron chi connectivity index (χ0n) is 11.1. The molecule has 1 aromatic rings. The number of aromatic nitrogens is 1. The summed E-state index contributed by atoms with van der Waals surface area (Å²) in [5, 5.41) is 10.4. The van der Waals surface area contributed by atoms with Crippen LogP contribution < -0.4 is 11.1 Å². The molecule has 0 fully saturated rings. The quantitative estimate of drug-likeness (QED) is 0.421. The Balaban J connectivity index is 2.56. The van der Waals surface area contributed by atoms with Gasteiger partial charge in [-0.1, -0.05) is 0 Å². The summed E-state index contributed by atoms with van der Waals surface area (Å²) in [6, 6.07) is 3.46. The van der Waals surface area contributed by atoms with Crippen molar-refractivity contribution >= 4 is 5.84 Å². The lowest BCUT2D eigenvalue weighted by Gasteiger charge is -2.23. The minimum atomic E-state index is -0.279. The molecular weight excluding hydrogens is 228 g/mol. The summed E-state index contributed by atoms with van der Waals surface area (Å²) in [4.78, 5) is 4.18. The van der Waals surface area contributed by atoms with Gasteiger partial charge in [-0.25, -0.2) is 0 Å². The Morgan fingerprint density at radius 2 is 2.22 bits per heavy atom. The summed E-state index contributed by atoms with van der Waals surface area (Å²) in [7, 11) is 0. The second-order valence-electron chi connectivity index (χ2n) is 4.94. The first-order valence-corrected chi connectivity index (χ1v) is 5.69. The van der Waals surface area contributed by atoms with E-state index in [1.165, 1.54) is 0 Å². The van der Waals surface area contributed by atoms with Gasteiger partial charge in [0, 0.05) is 11.8 Å². The largest absolute Gasteiger partial charge is 0.474 e. The number of pyridine rings is 1. The topological polar surface area (TPSA) is 84.0 Å². The zero-order valence-corrected chi connectivity index (χ0v) is 11.1. The molecule has 0 bridgehead atoms. The first-order valence-electron chi connectivity index (χ1n) is 5.69. The summed E-state index contributed by atoms with van der Waals surface area (Å²) in [6.07, 6.45) is 1.63. The monoisotopic (exact) mass is 248 g/mol. The molecule has 98 valence electrons. The van der Waals surface area contributed by atoms with Crippen molar-refractivity contribution in [3.8, 4) is 0 Å². The molecule has 0 aliphatic heterocycles. The molecule has 0 radical (unpaired) electrons. The molecule has 0 aliphatic rings. The second-order valence-corrected chi connectivity index (χ2v) is 4.94. The van der Waals surface area contributed by atoms with E-state index in [-0.39, 0.29) is 11.4 Å². The van der Waals surface area contributed by atoms with Crippen LogP contribution in [0.3, 0.4) is 0 Å². The number of hydrogen-bond acceptors (Lipinski definition) is 4. The number of nitrogen functional groups attached to an aromatic ring is 1. The standard InChI is InChI=1S/C13H20N4O/c1-9(18-13(2,3)4)17-8-11-7-10(12(14)15)5-6-16-11/h5-7,17H,1,8H2,2-4H3,(H3,14,15). The van der Waals surface area contributed by atoms with Crippen LogP contribution in [0.15, 0.2) is 30.8 Å². The van der Waals surface area contributed by atoms with Gasteiger partial charge in [0.1, 0.15) is 11.4 Å². The van der Waals surface area contributed by atoms with Crippen molar-refractivity contribution in [3.05, 3.63) is 42.0 Å². The van der Waals surface area contributed by atoms with Crippen molar-refractivity contribution in [2.24, 2.45) is 5.73 Å². The molecular formula is C13H20N4O. The molecule has 1 rings (SSSR count). The first-order chi connectivity index (χ1) is 8.28. The third-order valence-corrected chi connectivity index (χ3v) is 2.02. The van der Waals surface area contributed by atoms with Crippen molar-refractivity contribution in [1.29, 1.82) is 5.41 Å². The van der Waals surface area contributed by atoms with Gasteiger partial charge in [0.25, 0.3) is 0 Å². The van der Waals surface area contributed by atoms with Gasteiger partial charge in [-0.2, -0.15) is 0 Å². The number of ether oxygens (including phenoxy) is 1. The van der Waals surface area contributed by atoms with E-state index in [0.29, 0.717) is 18.0 Å². The number of hydrogen-bond donors (Lipinski definition) is 3. The van der Waals surface area contributed by atoms with E-state index in [9.17, 15) is 0 Å². The fraction of sp³-hybridized carbons (Fsp3) is 0.385. The van der Waals surface area contributed by atoms with E-state index in [1.807, 2.05) is 20.8 Å². The smallest absolute Gasteiger partial charge is 0.180 e.